The lowest BCUT2D eigenvalue weighted by Crippen LogP contribution is -2.11. The fourth-order valence-electron chi connectivity index (χ4n) is 2.87. The maximum Gasteiger partial charge on any atom is 0.416 e. The number of hydrogen-bond acceptors (Lipinski definition) is 6. The Balaban J connectivity index is 1.46. The molecule has 0 bridgehead atoms. The van der Waals surface area contributed by atoms with Crippen molar-refractivity contribution >= 4 is 33.7 Å². The van der Waals surface area contributed by atoms with Crippen LogP contribution < -0.4 is 5.32 Å². The van der Waals surface area contributed by atoms with Crippen LogP contribution in [0.5, 0.6) is 0 Å². The van der Waals surface area contributed by atoms with Crippen LogP contribution in [0.15, 0.2) is 54.9 Å². The smallest absolute Gasteiger partial charge is 0.297 e. The first kappa shape index (κ1) is 21.1. The number of aromatic nitrogens is 3. The van der Waals surface area contributed by atoms with E-state index in [0.717, 1.165) is 17.0 Å². The maximum absolute atomic E-state index is 12.9. The number of thiazole rings is 2. The zero-order valence-corrected chi connectivity index (χ0v) is 17.7. The monoisotopic (exact) mass is 460 g/mol. The lowest BCUT2D eigenvalue weighted by atomic mass is 10.1. The Bertz CT molecular complexity index is 1220. The first-order valence-electron chi connectivity index (χ1n) is 9.10. The highest BCUT2D eigenvalue weighted by Crippen LogP contribution is 2.31. The number of nitrogens with one attached hydrogen (secondary N) is 1. The third-order valence-electron chi connectivity index (χ3n) is 4.29. The van der Waals surface area contributed by atoms with E-state index in [-0.39, 0.29) is 5.91 Å². The molecular formula is C21H15F3N4OS2. The molecule has 31 heavy (non-hydrogen) atoms. The average molecular weight is 461 g/mol. The van der Waals surface area contributed by atoms with E-state index in [0.29, 0.717) is 38.4 Å². The van der Waals surface area contributed by atoms with Gasteiger partial charge in [-0.2, -0.15) is 13.2 Å². The van der Waals surface area contributed by atoms with Crippen LogP contribution in [0.2, 0.25) is 0 Å². The number of anilines is 1. The SMILES string of the molecule is Cc1nc(-c2ccccn2)sc1C(=O)Nc1ncc(Cc2cccc(C(F)(F)F)c2)s1. The molecule has 158 valence electrons. The molecule has 10 heteroatoms. The fraction of sp³-hybridized carbons (Fsp3) is 0.143. The molecule has 4 aromatic rings. The van der Waals surface area contributed by atoms with Crippen LogP contribution in [0, 0.1) is 6.92 Å². The van der Waals surface area contributed by atoms with Gasteiger partial charge in [-0.15, -0.1) is 22.7 Å². The summed E-state index contributed by atoms with van der Waals surface area (Å²) in [6.07, 6.45) is -0.878. The largest absolute Gasteiger partial charge is 0.416 e. The van der Waals surface area contributed by atoms with Crippen LogP contribution in [0.4, 0.5) is 18.3 Å². The van der Waals surface area contributed by atoms with Crippen molar-refractivity contribution in [3.05, 3.63) is 81.4 Å². The third-order valence-corrected chi connectivity index (χ3v) is 6.38. The number of hydrogen-bond donors (Lipinski definition) is 1. The maximum atomic E-state index is 12.9. The van der Waals surface area contributed by atoms with Gasteiger partial charge in [0.05, 0.1) is 17.0 Å². The van der Waals surface area contributed by atoms with Gasteiger partial charge in [-0.05, 0) is 30.7 Å². The number of pyridine rings is 1. The molecule has 1 amide bonds. The van der Waals surface area contributed by atoms with Crippen molar-refractivity contribution in [2.45, 2.75) is 19.5 Å². The number of aryl methyl sites for hydroxylation is 1. The molecule has 3 heterocycles. The molecule has 0 saturated heterocycles. The van der Waals surface area contributed by atoms with Gasteiger partial charge in [-0.25, -0.2) is 9.97 Å². The fourth-order valence-corrected chi connectivity index (χ4v) is 4.65. The van der Waals surface area contributed by atoms with Crippen LogP contribution in [0.25, 0.3) is 10.7 Å². The van der Waals surface area contributed by atoms with E-state index in [4.69, 9.17) is 0 Å². The molecule has 0 aliphatic rings. The number of carbonyl (C=O) groups is 1. The van der Waals surface area contributed by atoms with Crippen molar-refractivity contribution in [3.63, 3.8) is 0 Å². The molecule has 0 saturated carbocycles. The predicted molar refractivity (Wildman–Crippen MR) is 114 cm³/mol. The van der Waals surface area contributed by atoms with E-state index in [1.807, 2.05) is 12.1 Å². The van der Waals surface area contributed by atoms with Crippen molar-refractivity contribution in [1.82, 2.24) is 15.0 Å². The highest BCUT2D eigenvalue weighted by Gasteiger charge is 2.30. The van der Waals surface area contributed by atoms with Gasteiger partial charge in [-0.1, -0.05) is 24.3 Å². The second-order valence-corrected chi connectivity index (χ2v) is 8.72. The second-order valence-electron chi connectivity index (χ2n) is 6.61. The van der Waals surface area contributed by atoms with Crippen molar-refractivity contribution in [2.24, 2.45) is 0 Å². The minimum Gasteiger partial charge on any atom is -0.297 e. The average Bonchev–Trinajstić information content (AvgIpc) is 3.34. The summed E-state index contributed by atoms with van der Waals surface area (Å²) in [6, 6.07) is 10.6. The number of alkyl halides is 3. The molecule has 0 aliphatic heterocycles. The lowest BCUT2D eigenvalue weighted by Gasteiger charge is -2.07. The van der Waals surface area contributed by atoms with Crippen molar-refractivity contribution in [2.75, 3.05) is 5.32 Å². The summed E-state index contributed by atoms with van der Waals surface area (Å²) >= 11 is 2.46. The normalized spacial score (nSPS) is 11.5. The van der Waals surface area contributed by atoms with Gasteiger partial charge in [0.15, 0.2) is 5.13 Å². The number of benzene rings is 1. The van der Waals surface area contributed by atoms with Gasteiger partial charge >= 0.3 is 6.18 Å². The molecule has 0 radical (unpaired) electrons. The molecule has 0 fully saturated rings. The molecule has 0 aliphatic carbocycles. The van der Waals surface area contributed by atoms with Crippen LogP contribution in [0.3, 0.4) is 0 Å². The molecule has 4 rings (SSSR count). The highest BCUT2D eigenvalue weighted by atomic mass is 32.1. The Hall–Kier alpha value is -3.11. The molecule has 3 aromatic heterocycles. The quantitative estimate of drug-likeness (QED) is 0.407. The van der Waals surface area contributed by atoms with Crippen molar-refractivity contribution < 1.29 is 18.0 Å². The standard InChI is InChI=1S/C21H15F3N4OS2/c1-12-17(31-19(27-12)16-7-2-3-8-25-16)18(29)28-20-26-11-15(30-20)10-13-5-4-6-14(9-13)21(22,23)24/h2-9,11H,10H2,1H3,(H,26,28,29). The Morgan fingerprint density at radius 1 is 1.10 bits per heavy atom. The van der Waals surface area contributed by atoms with E-state index >= 15 is 0 Å². The number of nitrogens with zero attached hydrogens (tertiary/aromatic N) is 3. The van der Waals surface area contributed by atoms with Crippen LogP contribution in [0.1, 0.15) is 31.4 Å². The topological polar surface area (TPSA) is 67.8 Å². The molecular weight excluding hydrogens is 445 g/mol. The summed E-state index contributed by atoms with van der Waals surface area (Å²) in [6.45, 7) is 1.75. The van der Waals surface area contributed by atoms with Crippen LogP contribution >= 0.6 is 22.7 Å². The lowest BCUT2D eigenvalue weighted by molar-refractivity contribution is -0.137. The molecule has 0 unspecified atom stereocenters. The second kappa shape index (κ2) is 8.56. The van der Waals surface area contributed by atoms with E-state index in [9.17, 15) is 18.0 Å². The number of amides is 1. The minimum atomic E-state index is -4.39. The van der Waals surface area contributed by atoms with Gasteiger partial charge < -0.3 is 0 Å². The van der Waals surface area contributed by atoms with Crippen LogP contribution in [-0.2, 0) is 12.6 Å². The van der Waals surface area contributed by atoms with E-state index < -0.39 is 11.7 Å². The molecule has 0 atom stereocenters. The van der Waals surface area contributed by atoms with Gasteiger partial charge in [-0.3, -0.25) is 15.1 Å². The predicted octanol–water partition coefficient (Wildman–Crippen LogP) is 5.83. The van der Waals surface area contributed by atoms with Crippen LogP contribution in [-0.4, -0.2) is 20.9 Å². The first-order chi connectivity index (χ1) is 14.8. The van der Waals surface area contributed by atoms with Gasteiger partial charge in [0.1, 0.15) is 9.88 Å². The summed E-state index contributed by atoms with van der Waals surface area (Å²) in [4.78, 5) is 26.7. The number of rotatable bonds is 5. The summed E-state index contributed by atoms with van der Waals surface area (Å²) < 4.78 is 38.7. The van der Waals surface area contributed by atoms with Crippen molar-refractivity contribution in [3.8, 4) is 10.7 Å². The number of halogens is 3. The summed E-state index contributed by atoms with van der Waals surface area (Å²) in [5.74, 6) is -0.336. The highest BCUT2D eigenvalue weighted by molar-refractivity contribution is 7.17. The molecule has 5 nitrogen and oxygen atoms in total. The van der Waals surface area contributed by atoms with Crippen molar-refractivity contribution in [1.29, 1.82) is 0 Å². The zero-order chi connectivity index (χ0) is 22.0. The molecule has 1 N–H and O–H groups in total. The third kappa shape index (κ3) is 4.97. The summed E-state index contributed by atoms with van der Waals surface area (Å²) in [5, 5.41) is 3.76. The Morgan fingerprint density at radius 3 is 2.68 bits per heavy atom. The first-order valence-corrected chi connectivity index (χ1v) is 10.7. The Morgan fingerprint density at radius 2 is 1.94 bits per heavy atom. The molecule has 0 spiro atoms. The van der Waals surface area contributed by atoms with Gasteiger partial charge in [0, 0.05) is 23.7 Å². The van der Waals surface area contributed by atoms with E-state index in [2.05, 4.69) is 20.3 Å². The van der Waals surface area contributed by atoms with E-state index in [1.54, 1.807) is 31.5 Å². The zero-order valence-electron chi connectivity index (χ0n) is 16.1. The summed E-state index contributed by atoms with van der Waals surface area (Å²) in [7, 11) is 0. The number of carbonyl (C=O) groups excluding carboxylic acids is 1. The minimum absolute atomic E-state index is 0.293. The molecule has 1 aromatic carbocycles. The van der Waals surface area contributed by atoms with Gasteiger partial charge in [0.25, 0.3) is 5.91 Å². The Labute approximate surface area is 183 Å². The summed E-state index contributed by atoms with van der Waals surface area (Å²) in [5.41, 5.74) is 1.11. The van der Waals surface area contributed by atoms with Gasteiger partial charge in [0.2, 0.25) is 0 Å². The van der Waals surface area contributed by atoms with E-state index in [1.165, 1.54) is 28.7 Å². The Kier molecular flexibility index (Phi) is 5.84.